The molecule has 90 valence electrons. The van der Waals surface area contributed by atoms with E-state index in [1.807, 2.05) is 0 Å². The highest BCUT2D eigenvalue weighted by Crippen LogP contribution is 2.10. The van der Waals surface area contributed by atoms with Gasteiger partial charge in [-0.2, -0.15) is 0 Å². The molecule has 0 saturated heterocycles. The van der Waals surface area contributed by atoms with Gasteiger partial charge in [-0.05, 0) is 30.5 Å². The Morgan fingerprint density at radius 2 is 1.69 bits per heavy atom. The molecule has 0 saturated carbocycles. The van der Waals surface area contributed by atoms with Gasteiger partial charge in [0.05, 0.1) is 0 Å². The van der Waals surface area contributed by atoms with Crippen molar-refractivity contribution in [3.63, 3.8) is 0 Å². The molecule has 0 aliphatic heterocycles. The molecular weight excluding hydrogens is 218 g/mol. The number of nitrogens with zero attached hydrogens (tertiary/aromatic N) is 1. The van der Waals surface area contributed by atoms with Crippen molar-refractivity contribution in [2.75, 3.05) is 19.5 Å². The highest BCUT2D eigenvalue weighted by Gasteiger charge is 2.01. The maximum Gasteiger partial charge on any atom is 0.0351 e. The molecule has 0 bridgehead atoms. The predicted octanol–water partition coefficient (Wildman–Crippen LogP) is 3.56. The highest BCUT2D eigenvalue weighted by molar-refractivity contribution is 6.18. The van der Waals surface area contributed by atoms with E-state index in [9.17, 15) is 0 Å². The minimum absolute atomic E-state index is 0.696. The van der Waals surface area contributed by atoms with Gasteiger partial charge < -0.3 is 4.90 Å². The van der Waals surface area contributed by atoms with Gasteiger partial charge in [-0.3, -0.25) is 0 Å². The molecule has 0 spiro atoms. The van der Waals surface area contributed by atoms with E-state index in [1.165, 1.54) is 11.1 Å². The number of hydrogen-bond donors (Lipinski definition) is 0. The number of alkyl halides is 1. The summed E-state index contributed by atoms with van der Waals surface area (Å²) in [7, 11) is 2.10. The molecule has 0 amide bonds. The highest BCUT2D eigenvalue weighted by atomic mass is 35.5. The molecule has 2 heteroatoms. The first kappa shape index (κ1) is 13.5. The van der Waals surface area contributed by atoms with E-state index in [1.54, 1.807) is 0 Å². The molecule has 0 aliphatic carbocycles. The molecule has 0 aliphatic rings. The van der Waals surface area contributed by atoms with Crippen molar-refractivity contribution >= 4 is 11.6 Å². The maximum absolute atomic E-state index is 5.70. The second kappa shape index (κ2) is 6.93. The summed E-state index contributed by atoms with van der Waals surface area (Å²) >= 11 is 5.70. The second-order valence-electron chi connectivity index (χ2n) is 4.84. The van der Waals surface area contributed by atoms with E-state index in [2.05, 4.69) is 50.1 Å². The van der Waals surface area contributed by atoms with Gasteiger partial charge in [0, 0.05) is 19.0 Å². The quantitative estimate of drug-likeness (QED) is 0.687. The summed E-state index contributed by atoms with van der Waals surface area (Å²) in [5, 5.41) is 0. The molecule has 1 nitrogen and oxygen atoms in total. The van der Waals surface area contributed by atoms with Crippen molar-refractivity contribution in [3.05, 3.63) is 35.4 Å². The normalized spacial score (nSPS) is 11.4. The fourth-order valence-corrected chi connectivity index (χ4v) is 2.08. The molecule has 1 aromatic carbocycles. The Bertz CT molecular complexity index is 292. The molecule has 0 heterocycles. The summed E-state index contributed by atoms with van der Waals surface area (Å²) in [5.41, 5.74) is 2.79. The van der Waals surface area contributed by atoms with Crippen LogP contribution in [0, 0.1) is 5.92 Å². The number of halogens is 1. The first-order valence-corrected chi connectivity index (χ1v) is 6.47. The molecule has 0 radical (unpaired) electrons. The molecule has 0 N–H and O–H groups in total. The second-order valence-corrected chi connectivity index (χ2v) is 5.22. The van der Waals surface area contributed by atoms with Crippen LogP contribution in [-0.2, 0) is 13.0 Å². The third-order valence-corrected chi connectivity index (χ3v) is 2.75. The van der Waals surface area contributed by atoms with Gasteiger partial charge in [0.1, 0.15) is 0 Å². The third kappa shape index (κ3) is 5.00. The van der Waals surface area contributed by atoms with Crippen LogP contribution in [-0.4, -0.2) is 24.4 Å². The average Bonchev–Trinajstić information content (AvgIpc) is 2.20. The maximum atomic E-state index is 5.70. The predicted molar refractivity (Wildman–Crippen MR) is 72.0 cm³/mol. The lowest BCUT2D eigenvalue weighted by Gasteiger charge is -2.15. The van der Waals surface area contributed by atoms with E-state index in [0.29, 0.717) is 5.88 Å². The zero-order chi connectivity index (χ0) is 12.0. The number of benzene rings is 1. The van der Waals surface area contributed by atoms with Gasteiger partial charge >= 0.3 is 0 Å². The summed E-state index contributed by atoms with van der Waals surface area (Å²) in [6.07, 6.45) is 1.16. The first-order chi connectivity index (χ1) is 7.61. The molecule has 1 aromatic rings. The summed E-state index contributed by atoms with van der Waals surface area (Å²) in [5.74, 6) is 1.42. The van der Waals surface area contributed by atoms with E-state index < -0.39 is 0 Å². The van der Waals surface area contributed by atoms with Crippen molar-refractivity contribution in [2.24, 2.45) is 5.92 Å². The number of hydrogen-bond acceptors (Lipinski definition) is 1. The smallest absolute Gasteiger partial charge is 0.0351 e. The van der Waals surface area contributed by atoms with Crippen LogP contribution in [0.25, 0.3) is 0 Å². The Labute approximate surface area is 104 Å². The Kier molecular flexibility index (Phi) is 5.86. The standard InChI is InChI=1S/C14H22ClN/c1-12(2)10-13-4-6-14(7-5-13)11-16(3)9-8-15/h4-7,12H,8-11H2,1-3H3. The summed E-state index contributed by atoms with van der Waals surface area (Å²) in [4.78, 5) is 2.24. The van der Waals surface area contributed by atoms with E-state index in [-0.39, 0.29) is 0 Å². The van der Waals surface area contributed by atoms with Gasteiger partial charge in [-0.25, -0.2) is 0 Å². The van der Waals surface area contributed by atoms with Crippen LogP contribution in [0.2, 0.25) is 0 Å². The monoisotopic (exact) mass is 239 g/mol. The lowest BCUT2D eigenvalue weighted by Crippen LogP contribution is -2.19. The molecule has 1 rings (SSSR count). The van der Waals surface area contributed by atoms with Crippen LogP contribution >= 0.6 is 11.6 Å². The lowest BCUT2D eigenvalue weighted by molar-refractivity contribution is 0.348. The van der Waals surface area contributed by atoms with Crippen molar-refractivity contribution in [2.45, 2.75) is 26.8 Å². The Morgan fingerprint density at radius 3 is 2.19 bits per heavy atom. The fraction of sp³-hybridized carbons (Fsp3) is 0.571. The molecule has 0 fully saturated rings. The molecule has 0 unspecified atom stereocenters. The summed E-state index contributed by atoms with van der Waals surface area (Å²) in [6.45, 7) is 6.42. The van der Waals surface area contributed by atoms with Crippen LogP contribution in [0.5, 0.6) is 0 Å². The minimum Gasteiger partial charge on any atom is -0.301 e. The van der Waals surface area contributed by atoms with E-state index in [0.717, 1.165) is 25.4 Å². The molecule has 0 aromatic heterocycles. The topological polar surface area (TPSA) is 3.24 Å². The molecule has 16 heavy (non-hydrogen) atoms. The van der Waals surface area contributed by atoms with Crippen LogP contribution < -0.4 is 0 Å². The van der Waals surface area contributed by atoms with Crippen molar-refractivity contribution < 1.29 is 0 Å². The number of rotatable bonds is 6. The van der Waals surface area contributed by atoms with Gasteiger partial charge in [0.25, 0.3) is 0 Å². The van der Waals surface area contributed by atoms with Crippen molar-refractivity contribution in [1.29, 1.82) is 0 Å². The Balaban J connectivity index is 2.50. The van der Waals surface area contributed by atoms with Crippen LogP contribution in [0.3, 0.4) is 0 Å². The zero-order valence-corrected chi connectivity index (χ0v) is 11.3. The zero-order valence-electron chi connectivity index (χ0n) is 10.5. The van der Waals surface area contributed by atoms with Crippen molar-refractivity contribution in [1.82, 2.24) is 4.90 Å². The van der Waals surface area contributed by atoms with E-state index >= 15 is 0 Å². The van der Waals surface area contributed by atoms with Crippen molar-refractivity contribution in [3.8, 4) is 0 Å². The third-order valence-electron chi connectivity index (χ3n) is 2.59. The van der Waals surface area contributed by atoms with Crippen LogP contribution in [0.15, 0.2) is 24.3 Å². The van der Waals surface area contributed by atoms with E-state index in [4.69, 9.17) is 11.6 Å². The fourth-order valence-electron chi connectivity index (χ4n) is 1.79. The molecular formula is C14H22ClN. The Hall–Kier alpha value is -0.530. The van der Waals surface area contributed by atoms with Gasteiger partial charge in [-0.15, -0.1) is 11.6 Å². The summed E-state index contributed by atoms with van der Waals surface area (Å²) < 4.78 is 0. The SMILES string of the molecule is CC(C)Cc1ccc(CN(C)CCCl)cc1. The van der Waals surface area contributed by atoms with Gasteiger partial charge in [0.2, 0.25) is 0 Å². The summed E-state index contributed by atoms with van der Waals surface area (Å²) in [6, 6.07) is 8.93. The Morgan fingerprint density at radius 1 is 1.12 bits per heavy atom. The van der Waals surface area contributed by atoms with Gasteiger partial charge in [-0.1, -0.05) is 38.1 Å². The largest absolute Gasteiger partial charge is 0.301 e. The molecule has 0 atom stereocenters. The van der Waals surface area contributed by atoms with Crippen LogP contribution in [0.1, 0.15) is 25.0 Å². The van der Waals surface area contributed by atoms with Crippen LogP contribution in [0.4, 0.5) is 0 Å². The minimum atomic E-state index is 0.696. The first-order valence-electron chi connectivity index (χ1n) is 5.94. The van der Waals surface area contributed by atoms with Gasteiger partial charge in [0.15, 0.2) is 0 Å². The average molecular weight is 240 g/mol. The lowest BCUT2D eigenvalue weighted by atomic mass is 10.0.